The molecule has 0 saturated carbocycles. The van der Waals surface area contributed by atoms with Gasteiger partial charge in [-0.15, -0.1) is 22.1 Å². The molecular weight excluding hydrogens is 985 g/mol. The Labute approximate surface area is 467 Å². The predicted octanol–water partition coefficient (Wildman–Crippen LogP) is 16.8. The predicted molar refractivity (Wildman–Crippen MR) is 319 cm³/mol. The number of rotatable bonds is 12. The summed E-state index contributed by atoms with van der Waals surface area (Å²) >= 11 is 0. The zero-order chi connectivity index (χ0) is 53.3. The molecule has 0 N–H and O–H groups in total. The summed E-state index contributed by atoms with van der Waals surface area (Å²) in [6.45, 7) is 18.4. The molecule has 77 heavy (non-hydrogen) atoms. The van der Waals surface area contributed by atoms with Crippen molar-refractivity contribution in [2.24, 2.45) is 14.1 Å². The molecule has 2 aliphatic rings. The Hall–Kier alpha value is -7.58. The molecule has 0 amide bonds. The molecular formula is C68H72FeN8+. The van der Waals surface area contributed by atoms with E-state index in [0.717, 1.165) is 141 Å². The van der Waals surface area contributed by atoms with E-state index in [1.165, 1.54) is 44.5 Å². The maximum Gasteiger partial charge on any atom is 3.00 e. The number of benzene rings is 4. The second kappa shape index (κ2) is 25.5. The van der Waals surface area contributed by atoms with Crippen molar-refractivity contribution in [1.29, 1.82) is 0 Å². The van der Waals surface area contributed by atoms with E-state index in [9.17, 15) is 0 Å². The molecule has 1 radical (unpaired) electrons. The van der Waals surface area contributed by atoms with Crippen LogP contribution < -0.4 is 9.97 Å². The fraction of sp³-hybridized carbons (Fsp3) is 0.265. The van der Waals surface area contributed by atoms with Crippen LogP contribution in [0.25, 0.3) is 88.9 Å². The Bertz CT molecular complexity index is 3210. The second-order valence-corrected chi connectivity index (χ2v) is 19.3. The van der Waals surface area contributed by atoms with Gasteiger partial charge in [-0.2, -0.15) is 0 Å². The van der Waals surface area contributed by atoms with E-state index in [4.69, 9.17) is 19.9 Å². The van der Waals surface area contributed by atoms with Crippen LogP contribution in [0.15, 0.2) is 159 Å². The molecule has 0 fully saturated rings. The van der Waals surface area contributed by atoms with Gasteiger partial charge < -0.3 is 19.1 Å². The Kier molecular flexibility index (Phi) is 18.4. The van der Waals surface area contributed by atoms with E-state index < -0.39 is 0 Å². The van der Waals surface area contributed by atoms with Crippen LogP contribution in [0, 0.1) is 0 Å². The molecule has 4 aromatic carbocycles. The maximum absolute atomic E-state index is 5.97. The summed E-state index contributed by atoms with van der Waals surface area (Å²) in [6, 6.07) is 43.7. The summed E-state index contributed by atoms with van der Waals surface area (Å²) < 4.78 is 3.78. The third-order valence-electron chi connectivity index (χ3n) is 14.9. The van der Waals surface area contributed by atoms with Gasteiger partial charge in [-0.3, -0.25) is 0 Å². The van der Waals surface area contributed by atoms with Crippen LogP contribution in [-0.2, 0) is 56.8 Å². The van der Waals surface area contributed by atoms with Crippen LogP contribution in [0.3, 0.4) is 0 Å². The van der Waals surface area contributed by atoms with Gasteiger partial charge in [0.15, 0.2) is 0 Å². The third-order valence-corrected chi connectivity index (χ3v) is 14.9. The minimum absolute atomic E-state index is 0. The summed E-state index contributed by atoms with van der Waals surface area (Å²) in [6.07, 6.45) is 17.5. The summed E-state index contributed by atoms with van der Waals surface area (Å²) in [7, 11) is 3.88. The van der Waals surface area contributed by atoms with Gasteiger partial charge >= 0.3 is 17.1 Å². The van der Waals surface area contributed by atoms with Crippen molar-refractivity contribution in [3.63, 3.8) is 0 Å². The van der Waals surface area contributed by atoms with E-state index >= 15 is 0 Å². The molecule has 391 valence electrons. The molecule has 2 aliphatic heterocycles. The van der Waals surface area contributed by atoms with E-state index in [1.807, 2.05) is 35.6 Å². The first kappa shape index (κ1) is 55.6. The van der Waals surface area contributed by atoms with Crippen molar-refractivity contribution in [2.75, 3.05) is 0 Å². The Balaban J connectivity index is 0.000000533. The fourth-order valence-corrected chi connectivity index (χ4v) is 11.4. The summed E-state index contributed by atoms with van der Waals surface area (Å²) in [4.78, 5) is 31.4. The Morgan fingerprint density at radius 2 is 0.571 bits per heavy atom. The van der Waals surface area contributed by atoms with Gasteiger partial charge in [0, 0.05) is 38.9 Å². The molecule has 5 aromatic heterocycles. The number of hydrogen-bond donors (Lipinski definition) is 0. The Morgan fingerprint density at radius 3 is 0.727 bits per heavy atom. The van der Waals surface area contributed by atoms with Crippen LogP contribution in [0.4, 0.5) is 0 Å². The van der Waals surface area contributed by atoms with E-state index in [0.29, 0.717) is 0 Å². The number of nitrogens with zero attached hydrogens (tertiary/aromatic N) is 8. The van der Waals surface area contributed by atoms with Crippen LogP contribution in [0.1, 0.15) is 126 Å². The molecule has 0 unspecified atom stereocenters. The SMILES string of the molecule is CCC1=C(CC)c2nc1c(-c1ccccc1)c1[n-]c(c(CC)c1CC)c(-c1ccccc1)c1nc(c(-c3ccccc3)c3[n-]c(c(CC)c3CC)c2-c2ccccc2)C(CC)=C1CC.Cn1ccnc1.Cn1ccnc1.[Fe+3]. The first-order valence-electron chi connectivity index (χ1n) is 27.5. The van der Waals surface area contributed by atoms with E-state index in [1.54, 1.807) is 25.0 Å². The van der Waals surface area contributed by atoms with Crippen molar-refractivity contribution < 1.29 is 17.1 Å². The van der Waals surface area contributed by atoms with Crippen molar-refractivity contribution in [3.8, 4) is 44.5 Å². The van der Waals surface area contributed by atoms with Gasteiger partial charge in [-0.1, -0.05) is 199 Å². The topological polar surface area (TPSA) is 89.6 Å². The molecule has 0 saturated heterocycles. The average molecular weight is 1060 g/mol. The number of imidazole rings is 2. The molecule has 8 bridgehead atoms. The first-order chi connectivity index (χ1) is 37.2. The fourth-order valence-electron chi connectivity index (χ4n) is 11.4. The van der Waals surface area contributed by atoms with E-state index in [2.05, 4.69) is 187 Å². The van der Waals surface area contributed by atoms with Gasteiger partial charge in [0.2, 0.25) is 0 Å². The van der Waals surface area contributed by atoms with E-state index in [-0.39, 0.29) is 17.1 Å². The maximum atomic E-state index is 5.97. The molecule has 0 atom stereocenters. The number of fused-ring (bicyclic) bond motifs is 8. The van der Waals surface area contributed by atoms with Crippen LogP contribution >= 0.6 is 0 Å². The van der Waals surface area contributed by atoms with Crippen molar-refractivity contribution in [2.45, 2.75) is 107 Å². The molecule has 11 rings (SSSR count). The summed E-state index contributed by atoms with van der Waals surface area (Å²) in [5.41, 5.74) is 27.4. The monoisotopic (exact) mass is 1060 g/mol. The van der Waals surface area contributed by atoms with Crippen molar-refractivity contribution >= 4 is 44.4 Å². The van der Waals surface area contributed by atoms with Crippen LogP contribution in [-0.4, -0.2) is 29.1 Å². The molecule has 0 aliphatic carbocycles. The Morgan fingerprint density at radius 1 is 0.338 bits per heavy atom. The number of allylic oxidation sites excluding steroid dienone is 4. The van der Waals surface area contributed by atoms with Crippen molar-refractivity contribution in [3.05, 3.63) is 204 Å². The zero-order valence-electron chi connectivity index (χ0n) is 46.6. The molecule has 0 spiro atoms. The number of hydrogen-bond acceptors (Lipinski definition) is 4. The number of aryl methyl sites for hydroxylation is 6. The van der Waals surface area contributed by atoms with Gasteiger partial charge in [0.05, 0.1) is 35.4 Å². The molecule has 9 heteroatoms. The second-order valence-electron chi connectivity index (χ2n) is 19.3. The summed E-state index contributed by atoms with van der Waals surface area (Å²) in [5.74, 6) is 0. The van der Waals surface area contributed by atoms with Gasteiger partial charge in [0.1, 0.15) is 0 Å². The molecule has 7 heterocycles. The standard InChI is InChI=1S/C60H60N4.2C4H6N2.Fe/c1-9-41-42(10-2)54-50(38-31-23-18-24-32-38)56-45(13-5)46(14-6)58(63-56)52(40-35-27-20-28-36-40)60-48(16-8)47(15-7)59(64-60)51(39-33-25-19-26-34-39)57-44(12-4)43(11-3)55(62-57)49(53(41)61-54)37-29-21-17-22-30-37;2*1-6-3-2-5-4-6;/h17-36H,9-16H2,1-8H3;2*2-4H,1H3;/q-2;;;+3. The zero-order valence-corrected chi connectivity index (χ0v) is 47.7. The number of aromatic nitrogens is 8. The first-order valence-corrected chi connectivity index (χ1v) is 27.5. The minimum Gasteiger partial charge on any atom is -0.656 e. The molecule has 8 nitrogen and oxygen atoms in total. The van der Waals surface area contributed by atoms with Crippen molar-refractivity contribution in [1.82, 2.24) is 39.0 Å². The van der Waals surface area contributed by atoms with Gasteiger partial charge in [-0.25, -0.2) is 19.9 Å². The largest absolute Gasteiger partial charge is 3.00 e. The third kappa shape index (κ3) is 10.9. The van der Waals surface area contributed by atoms with Gasteiger partial charge in [-0.05, 0) is 118 Å². The minimum atomic E-state index is 0. The van der Waals surface area contributed by atoms with Crippen LogP contribution in [0.2, 0.25) is 0 Å². The quantitative estimate of drug-likeness (QED) is 0.113. The average Bonchev–Trinajstić information content (AvgIpc) is 4.36. The molecule has 9 aromatic rings. The van der Waals surface area contributed by atoms with Gasteiger partial charge in [0.25, 0.3) is 0 Å². The normalized spacial score (nSPS) is 12.0. The smallest absolute Gasteiger partial charge is 0.656 e. The van der Waals surface area contributed by atoms with Crippen LogP contribution in [0.5, 0.6) is 0 Å². The summed E-state index contributed by atoms with van der Waals surface area (Å²) in [5, 5.41) is 0.